The number of aromatic amines is 1. The summed E-state index contributed by atoms with van der Waals surface area (Å²) in [4.78, 5) is 5.67. The van der Waals surface area contributed by atoms with Crippen LogP contribution in [0.3, 0.4) is 0 Å². The Hall–Kier alpha value is -1.30. The van der Waals surface area contributed by atoms with Gasteiger partial charge in [-0.2, -0.15) is 5.10 Å². The third-order valence-corrected chi connectivity index (χ3v) is 4.37. The highest BCUT2D eigenvalue weighted by molar-refractivity contribution is 7.09. The van der Waals surface area contributed by atoms with Gasteiger partial charge in [0.2, 0.25) is 0 Å². The molecule has 0 atom stereocenters. The van der Waals surface area contributed by atoms with Gasteiger partial charge in [-0.1, -0.05) is 38.1 Å². The summed E-state index contributed by atoms with van der Waals surface area (Å²) in [5.74, 6) is 2.34. The number of hydrogen-bond donors (Lipinski definition) is 1. The Morgan fingerprint density at radius 3 is 2.63 bits per heavy atom. The van der Waals surface area contributed by atoms with Gasteiger partial charge >= 0.3 is 0 Å². The zero-order valence-electron chi connectivity index (χ0n) is 11.6. The quantitative estimate of drug-likeness (QED) is 0.914. The minimum absolute atomic E-state index is 0.0313. The van der Waals surface area contributed by atoms with E-state index in [1.54, 1.807) is 0 Å². The van der Waals surface area contributed by atoms with Gasteiger partial charge in [-0.05, 0) is 24.4 Å². The standard InChI is InChI=1S/C13H19N5S/c1-13(2,3)10-9(19-18-15-10)12-14-11(16-17-12)8-6-4-5-7-8/h8H,4-7H2,1-3H3,(H,14,16,17). The smallest absolute Gasteiger partial charge is 0.194 e. The second kappa shape index (κ2) is 4.67. The zero-order valence-corrected chi connectivity index (χ0v) is 12.4. The summed E-state index contributed by atoms with van der Waals surface area (Å²) in [6.07, 6.45) is 5.05. The number of rotatable bonds is 2. The van der Waals surface area contributed by atoms with E-state index in [9.17, 15) is 0 Å². The van der Waals surface area contributed by atoms with Crippen LogP contribution in [0.1, 0.15) is 63.9 Å². The van der Waals surface area contributed by atoms with Gasteiger partial charge in [-0.3, -0.25) is 5.10 Å². The van der Waals surface area contributed by atoms with Gasteiger partial charge in [0, 0.05) is 11.3 Å². The summed E-state index contributed by atoms with van der Waals surface area (Å²) in [6, 6.07) is 0. The van der Waals surface area contributed by atoms with Crippen LogP contribution >= 0.6 is 11.5 Å². The fourth-order valence-electron chi connectivity index (χ4n) is 2.59. The monoisotopic (exact) mass is 277 g/mol. The average Bonchev–Trinajstić information content (AvgIpc) is 3.09. The molecule has 1 aliphatic rings. The Labute approximate surface area is 117 Å². The van der Waals surface area contributed by atoms with Gasteiger partial charge in [0.05, 0.1) is 5.69 Å². The molecule has 0 aromatic carbocycles. The molecule has 2 heterocycles. The lowest BCUT2D eigenvalue weighted by atomic mass is 9.91. The largest absolute Gasteiger partial charge is 0.262 e. The predicted octanol–water partition coefficient (Wildman–Crippen LogP) is 3.28. The molecule has 3 rings (SSSR count). The van der Waals surface area contributed by atoms with Gasteiger partial charge in [0.15, 0.2) is 5.82 Å². The Bertz CT molecular complexity index is 560. The summed E-state index contributed by atoms with van der Waals surface area (Å²) in [6.45, 7) is 6.41. The average molecular weight is 277 g/mol. The third-order valence-electron chi connectivity index (χ3n) is 3.65. The van der Waals surface area contributed by atoms with Crippen LogP contribution < -0.4 is 0 Å². The maximum Gasteiger partial charge on any atom is 0.194 e. The van der Waals surface area contributed by atoms with E-state index in [-0.39, 0.29) is 5.41 Å². The van der Waals surface area contributed by atoms with E-state index in [1.807, 2.05) is 0 Å². The number of nitrogens with one attached hydrogen (secondary N) is 1. The first-order valence-corrected chi connectivity index (χ1v) is 7.58. The molecule has 0 aliphatic heterocycles. The number of nitrogens with zero attached hydrogens (tertiary/aromatic N) is 4. The van der Waals surface area contributed by atoms with E-state index in [4.69, 9.17) is 0 Å². The second-order valence-electron chi connectivity index (χ2n) is 6.23. The van der Waals surface area contributed by atoms with E-state index >= 15 is 0 Å². The lowest BCUT2D eigenvalue weighted by molar-refractivity contribution is 0.568. The van der Waals surface area contributed by atoms with Crippen LogP contribution in [0, 0.1) is 0 Å². The summed E-state index contributed by atoms with van der Waals surface area (Å²) in [5.41, 5.74) is 0.950. The highest BCUT2D eigenvalue weighted by Crippen LogP contribution is 2.35. The van der Waals surface area contributed by atoms with E-state index < -0.39 is 0 Å². The lowest BCUT2D eigenvalue weighted by Crippen LogP contribution is -2.13. The van der Waals surface area contributed by atoms with Crippen molar-refractivity contribution in [3.63, 3.8) is 0 Å². The minimum Gasteiger partial charge on any atom is -0.262 e. The minimum atomic E-state index is -0.0313. The van der Waals surface area contributed by atoms with E-state index in [2.05, 4.69) is 45.5 Å². The van der Waals surface area contributed by atoms with Crippen molar-refractivity contribution in [2.24, 2.45) is 0 Å². The normalized spacial score (nSPS) is 17.2. The summed E-state index contributed by atoms with van der Waals surface area (Å²) in [5, 5.41) is 11.7. The SMILES string of the molecule is CC(C)(C)c1nnsc1-c1n[nH]c(C2CCCC2)n1. The fourth-order valence-corrected chi connectivity index (χ4v) is 3.40. The van der Waals surface area contributed by atoms with Crippen LogP contribution in [0.2, 0.25) is 0 Å². The van der Waals surface area contributed by atoms with Gasteiger partial charge in [0.1, 0.15) is 10.7 Å². The van der Waals surface area contributed by atoms with E-state index in [1.165, 1.54) is 37.2 Å². The van der Waals surface area contributed by atoms with Gasteiger partial charge < -0.3 is 0 Å². The molecule has 6 heteroatoms. The number of H-pyrrole nitrogens is 1. The van der Waals surface area contributed by atoms with E-state index in [0.29, 0.717) is 5.92 Å². The predicted molar refractivity (Wildman–Crippen MR) is 75.2 cm³/mol. The van der Waals surface area contributed by atoms with Crippen molar-refractivity contribution in [3.05, 3.63) is 11.5 Å². The molecule has 0 saturated heterocycles. The van der Waals surface area contributed by atoms with Gasteiger partial charge in [0.25, 0.3) is 0 Å². The van der Waals surface area contributed by atoms with Gasteiger partial charge in [-0.15, -0.1) is 5.10 Å². The molecule has 19 heavy (non-hydrogen) atoms. The van der Waals surface area contributed by atoms with Crippen molar-refractivity contribution in [1.82, 2.24) is 24.8 Å². The molecule has 1 aliphatic carbocycles. The molecule has 102 valence electrons. The number of aromatic nitrogens is 5. The van der Waals surface area contributed by atoms with E-state index in [0.717, 1.165) is 22.2 Å². The lowest BCUT2D eigenvalue weighted by Gasteiger charge is -2.15. The third kappa shape index (κ3) is 2.41. The van der Waals surface area contributed by atoms with Crippen LogP contribution in [0.4, 0.5) is 0 Å². The van der Waals surface area contributed by atoms with Crippen molar-refractivity contribution < 1.29 is 0 Å². The molecule has 1 saturated carbocycles. The fraction of sp³-hybridized carbons (Fsp3) is 0.692. The van der Waals surface area contributed by atoms with Crippen LogP contribution in [0.5, 0.6) is 0 Å². The highest BCUT2D eigenvalue weighted by Gasteiger charge is 2.27. The highest BCUT2D eigenvalue weighted by atomic mass is 32.1. The Kier molecular flexibility index (Phi) is 3.12. The van der Waals surface area contributed by atoms with Crippen LogP contribution in [-0.2, 0) is 5.41 Å². The van der Waals surface area contributed by atoms with Crippen molar-refractivity contribution in [2.75, 3.05) is 0 Å². The Balaban J connectivity index is 1.93. The zero-order chi connectivity index (χ0) is 13.5. The molecule has 0 spiro atoms. The van der Waals surface area contributed by atoms with Crippen LogP contribution in [0.25, 0.3) is 10.7 Å². The van der Waals surface area contributed by atoms with Crippen LogP contribution in [-0.4, -0.2) is 24.8 Å². The molecule has 0 unspecified atom stereocenters. The molecule has 1 fully saturated rings. The maximum absolute atomic E-state index is 4.67. The second-order valence-corrected chi connectivity index (χ2v) is 6.98. The van der Waals surface area contributed by atoms with Crippen molar-refractivity contribution in [3.8, 4) is 10.7 Å². The van der Waals surface area contributed by atoms with Crippen molar-refractivity contribution in [1.29, 1.82) is 0 Å². The molecule has 5 nitrogen and oxygen atoms in total. The molecule has 0 radical (unpaired) electrons. The molecule has 0 amide bonds. The van der Waals surface area contributed by atoms with Crippen molar-refractivity contribution in [2.45, 2.75) is 57.8 Å². The molecular weight excluding hydrogens is 258 g/mol. The van der Waals surface area contributed by atoms with Crippen LogP contribution in [0.15, 0.2) is 0 Å². The first-order valence-electron chi connectivity index (χ1n) is 6.81. The first kappa shape index (κ1) is 12.7. The van der Waals surface area contributed by atoms with Gasteiger partial charge in [-0.25, -0.2) is 4.98 Å². The topological polar surface area (TPSA) is 67.3 Å². The first-order chi connectivity index (χ1) is 9.05. The molecule has 2 aromatic rings. The summed E-state index contributed by atoms with van der Waals surface area (Å²) >= 11 is 1.38. The summed E-state index contributed by atoms with van der Waals surface area (Å²) in [7, 11) is 0. The Morgan fingerprint density at radius 2 is 1.95 bits per heavy atom. The molecule has 2 aromatic heterocycles. The van der Waals surface area contributed by atoms with Crippen molar-refractivity contribution >= 4 is 11.5 Å². The summed E-state index contributed by atoms with van der Waals surface area (Å²) < 4.78 is 4.07. The molecule has 0 bridgehead atoms. The number of hydrogen-bond acceptors (Lipinski definition) is 5. The molecule has 1 N–H and O–H groups in total. The molecular formula is C13H19N5S. The Morgan fingerprint density at radius 1 is 1.21 bits per heavy atom. The maximum atomic E-state index is 4.67.